The van der Waals surface area contributed by atoms with Gasteiger partial charge in [0, 0.05) is 0 Å². The minimum Gasteiger partial charge on any atom is -0.394 e. The lowest BCUT2D eigenvalue weighted by Gasteiger charge is -2.08. The number of nitriles is 1. The number of benzene rings is 1. The Labute approximate surface area is 94.0 Å². The molecular formula is C10H12N2O3S. The molecule has 0 unspecified atom stereocenters. The molecule has 0 aliphatic heterocycles. The number of hydrogen-bond donors (Lipinski definition) is 2. The Hall–Kier alpha value is -1.42. The van der Waals surface area contributed by atoms with Gasteiger partial charge in [-0.3, -0.25) is 0 Å². The van der Waals surface area contributed by atoms with Crippen LogP contribution >= 0.6 is 0 Å². The molecule has 0 radical (unpaired) electrons. The van der Waals surface area contributed by atoms with E-state index in [-0.39, 0.29) is 11.5 Å². The van der Waals surface area contributed by atoms with E-state index in [1.807, 2.05) is 0 Å². The molecule has 0 aliphatic carbocycles. The zero-order valence-corrected chi connectivity index (χ0v) is 9.31. The van der Waals surface area contributed by atoms with Crippen molar-refractivity contribution >= 4 is 9.84 Å². The van der Waals surface area contributed by atoms with Crippen LogP contribution in [0.1, 0.15) is 11.6 Å². The van der Waals surface area contributed by atoms with E-state index in [4.69, 9.17) is 16.1 Å². The van der Waals surface area contributed by atoms with Crippen molar-refractivity contribution in [1.82, 2.24) is 0 Å². The fraction of sp³-hybridized carbons (Fsp3) is 0.300. The summed E-state index contributed by atoms with van der Waals surface area (Å²) in [5.74, 6) is -0.543. The summed E-state index contributed by atoms with van der Waals surface area (Å²) in [6.07, 6.45) is 0. The average Bonchev–Trinajstić information content (AvgIpc) is 2.28. The second-order valence-electron chi connectivity index (χ2n) is 3.28. The number of aliphatic hydroxyl groups excluding tert-OH is 1. The smallest absolute Gasteiger partial charge is 0.191 e. The zero-order chi connectivity index (χ0) is 12.2. The van der Waals surface area contributed by atoms with Crippen LogP contribution in [0.2, 0.25) is 0 Å². The van der Waals surface area contributed by atoms with Crippen molar-refractivity contribution in [3.8, 4) is 6.07 Å². The van der Waals surface area contributed by atoms with Crippen LogP contribution in [0.4, 0.5) is 0 Å². The highest BCUT2D eigenvalue weighted by atomic mass is 32.2. The third-order valence-corrected chi connectivity index (χ3v) is 3.62. The molecule has 0 aliphatic rings. The molecule has 0 bridgehead atoms. The highest BCUT2D eigenvalue weighted by Crippen LogP contribution is 2.15. The number of nitrogens with zero attached hydrogens (tertiary/aromatic N) is 1. The Morgan fingerprint density at radius 1 is 1.38 bits per heavy atom. The van der Waals surface area contributed by atoms with Crippen LogP contribution in [0.5, 0.6) is 0 Å². The standard InChI is InChI=1S/C10H12N2O3S/c11-5-6-16(14,15)9-3-1-8(2-4-9)10(12)7-13/h1-4,10,13H,6-7,12H2/t10-/m0/s1. The first-order valence-electron chi connectivity index (χ1n) is 4.57. The van der Waals surface area contributed by atoms with Gasteiger partial charge in [0.1, 0.15) is 5.75 Å². The zero-order valence-electron chi connectivity index (χ0n) is 8.50. The maximum atomic E-state index is 11.5. The molecule has 1 aromatic carbocycles. The molecule has 1 atom stereocenters. The van der Waals surface area contributed by atoms with Crippen LogP contribution < -0.4 is 5.73 Å². The van der Waals surface area contributed by atoms with Crippen LogP contribution in [0.3, 0.4) is 0 Å². The van der Waals surface area contributed by atoms with E-state index in [9.17, 15) is 8.42 Å². The SMILES string of the molecule is N#CCS(=O)(=O)c1ccc([C@@H](N)CO)cc1. The molecule has 5 nitrogen and oxygen atoms in total. The topological polar surface area (TPSA) is 104 Å². The van der Waals surface area contributed by atoms with Crippen LogP contribution in [0.25, 0.3) is 0 Å². The van der Waals surface area contributed by atoms with Gasteiger partial charge in [0.2, 0.25) is 0 Å². The number of sulfone groups is 1. The lowest BCUT2D eigenvalue weighted by molar-refractivity contribution is 0.268. The van der Waals surface area contributed by atoms with Gasteiger partial charge in [-0.05, 0) is 17.7 Å². The van der Waals surface area contributed by atoms with Gasteiger partial charge < -0.3 is 10.8 Å². The molecule has 0 saturated heterocycles. The number of rotatable bonds is 4. The fourth-order valence-corrected chi connectivity index (χ4v) is 2.08. The molecule has 6 heteroatoms. The lowest BCUT2D eigenvalue weighted by Crippen LogP contribution is -2.14. The number of hydrogen-bond acceptors (Lipinski definition) is 5. The third kappa shape index (κ3) is 2.79. The van der Waals surface area contributed by atoms with Crippen LogP contribution in [-0.4, -0.2) is 25.9 Å². The Kier molecular flexibility index (Phi) is 4.01. The molecule has 16 heavy (non-hydrogen) atoms. The second-order valence-corrected chi connectivity index (χ2v) is 5.26. The molecule has 0 heterocycles. The quantitative estimate of drug-likeness (QED) is 0.769. The van der Waals surface area contributed by atoms with Crippen molar-refractivity contribution in [1.29, 1.82) is 5.26 Å². The van der Waals surface area contributed by atoms with Gasteiger partial charge in [-0.15, -0.1) is 0 Å². The van der Waals surface area contributed by atoms with Gasteiger partial charge in [0.15, 0.2) is 9.84 Å². The van der Waals surface area contributed by atoms with E-state index in [0.717, 1.165) is 0 Å². The highest BCUT2D eigenvalue weighted by Gasteiger charge is 2.14. The largest absolute Gasteiger partial charge is 0.394 e. The Bertz CT molecular complexity index is 488. The summed E-state index contributed by atoms with van der Waals surface area (Å²) in [7, 11) is -3.52. The van der Waals surface area contributed by atoms with Crippen LogP contribution in [0, 0.1) is 11.3 Å². The van der Waals surface area contributed by atoms with Crippen molar-refractivity contribution in [3.05, 3.63) is 29.8 Å². The van der Waals surface area contributed by atoms with E-state index in [2.05, 4.69) is 0 Å². The van der Waals surface area contributed by atoms with E-state index < -0.39 is 21.6 Å². The molecule has 0 spiro atoms. The minimum atomic E-state index is -3.52. The molecule has 3 N–H and O–H groups in total. The molecule has 1 aromatic rings. The van der Waals surface area contributed by atoms with Gasteiger partial charge in [0.05, 0.1) is 23.6 Å². The highest BCUT2D eigenvalue weighted by molar-refractivity contribution is 7.91. The molecular weight excluding hydrogens is 228 g/mol. The maximum absolute atomic E-state index is 11.5. The van der Waals surface area contributed by atoms with E-state index in [0.29, 0.717) is 5.56 Å². The molecule has 0 fully saturated rings. The van der Waals surface area contributed by atoms with Gasteiger partial charge in [0.25, 0.3) is 0 Å². The maximum Gasteiger partial charge on any atom is 0.191 e. The van der Waals surface area contributed by atoms with Crippen molar-refractivity contribution in [3.63, 3.8) is 0 Å². The van der Waals surface area contributed by atoms with E-state index >= 15 is 0 Å². The molecule has 0 aromatic heterocycles. The Balaban J connectivity index is 3.01. The fourth-order valence-electron chi connectivity index (χ4n) is 1.20. The van der Waals surface area contributed by atoms with E-state index in [1.54, 1.807) is 6.07 Å². The summed E-state index contributed by atoms with van der Waals surface area (Å²) in [5.41, 5.74) is 6.21. The number of aliphatic hydroxyl groups is 1. The van der Waals surface area contributed by atoms with Crippen molar-refractivity contribution < 1.29 is 13.5 Å². The third-order valence-electron chi connectivity index (χ3n) is 2.12. The van der Waals surface area contributed by atoms with Gasteiger partial charge in [-0.1, -0.05) is 12.1 Å². The molecule has 1 rings (SSSR count). The van der Waals surface area contributed by atoms with Gasteiger partial charge >= 0.3 is 0 Å². The van der Waals surface area contributed by atoms with Crippen molar-refractivity contribution in [2.75, 3.05) is 12.4 Å². The summed E-state index contributed by atoms with van der Waals surface area (Å²) < 4.78 is 23.0. The first kappa shape index (κ1) is 12.6. The van der Waals surface area contributed by atoms with Gasteiger partial charge in [-0.2, -0.15) is 5.26 Å². The average molecular weight is 240 g/mol. The Morgan fingerprint density at radius 3 is 2.38 bits per heavy atom. The molecule has 0 amide bonds. The first-order valence-corrected chi connectivity index (χ1v) is 6.22. The molecule has 86 valence electrons. The number of nitrogens with two attached hydrogens (primary N) is 1. The van der Waals surface area contributed by atoms with Crippen molar-refractivity contribution in [2.45, 2.75) is 10.9 Å². The molecule has 0 saturated carbocycles. The summed E-state index contributed by atoms with van der Waals surface area (Å²) >= 11 is 0. The first-order chi connectivity index (χ1) is 7.51. The van der Waals surface area contributed by atoms with Crippen molar-refractivity contribution in [2.24, 2.45) is 5.73 Å². The normalized spacial score (nSPS) is 13.1. The van der Waals surface area contributed by atoms with Gasteiger partial charge in [-0.25, -0.2) is 8.42 Å². The van der Waals surface area contributed by atoms with Crippen LogP contribution in [0.15, 0.2) is 29.2 Å². The monoisotopic (exact) mass is 240 g/mol. The predicted octanol–water partition coefficient (Wildman–Crippen LogP) is -0.0240. The Morgan fingerprint density at radius 2 is 1.94 bits per heavy atom. The van der Waals surface area contributed by atoms with Crippen LogP contribution in [-0.2, 0) is 9.84 Å². The summed E-state index contributed by atoms with van der Waals surface area (Å²) in [6, 6.07) is 6.92. The minimum absolute atomic E-state index is 0.0861. The lowest BCUT2D eigenvalue weighted by atomic mass is 10.1. The summed E-state index contributed by atoms with van der Waals surface area (Å²) in [5, 5.41) is 17.2. The predicted molar refractivity (Wildman–Crippen MR) is 58.1 cm³/mol. The summed E-state index contributed by atoms with van der Waals surface area (Å²) in [6.45, 7) is -0.204. The van der Waals surface area contributed by atoms with E-state index in [1.165, 1.54) is 24.3 Å². The summed E-state index contributed by atoms with van der Waals surface area (Å²) in [4.78, 5) is 0.0861. The second kappa shape index (κ2) is 5.07.